The van der Waals surface area contributed by atoms with Gasteiger partial charge in [-0.15, -0.1) is 0 Å². The van der Waals surface area contributed by atoms with Gasteiger partial charge in [-0.3, -0.25) is 4.79 Å². The highest BCUT2D eigenvalue weighted by molar-refractivity contribution is 5.94. The second-order valence-corrected chi connectivity index (χ2v) is 4.81. The molecule has 3 nitrogen and oxygen atoms in total. The summed E-state index contributed by atoms with van der Waals surface area (Å²) in [5.41, 5.74) is 2.52. The van der Waals surface area contributed by atoms with E-state index >= 15 is 0 Å². The molecule has 0 atom stereocenters. The molecule has 0 heterocycles. The molecule has 1 N–H and O–H groups in total. The maximum absolute atomic E-state index is 11.9. The lowest BCUT2D eigenvalue weighted by Crippen LogP contribution is -2.24. The van der Waals surface area contributed by atoms with Gasteiger partial charge in [-0.05, 0) is 50.3 Å². The molecule has 1 aromatic rings. The van der Waals surface area contributed by atoms with E-state index in [9.17, 15) is 4.79 Å². The first-order valence-electron chi connectivity index (χ1n) is 6.76. The molecule has 0 unspecified atom stereocenters. The van der Waals surface area contributed by atoms with Crippen molar-refractivity contribution < 1.29 is 4.79 Å². The minimum atomic E-state index is -0.103. The Balaban J connectivity index is 1.84. The molecule has 98 valence electrons. The highest BCUT2D eigenvalue weighted by Crippen LogP contribution is 2.19. The molecule has 1 amide bonds. The lowest BCUT2D eigenvalue weighted by Gasteiger charge is -2.13. The highest BCUT2D eigenvalue weighted by Gasteiger charge is 2.07. The topological polar surface area (TPSA) is 52.9 Å². The number of hydrogen-bond acceptors (Lipinski definition) is 2. The number of carbonyl (C=O) groups excluding carboxylic acids is 1. The predicted octanol–water partition coefficient (Wildman–Crippen LogP) is 3.18. The number of nitrogens with one attached hydrogen (secondary N) is 1. The molecular weight excluding hydrogens is 236 g/mol. The number of hydrogen-bond donors (Lipinski definition) is 1. The van der Waals surface area contributed by atoms with Gasteiger partial charge in [-0.2, -0.15) is 5.26 Å². The number of carbonyl (C=O) groups is 1. The van der Waals surface area contributed by atoms with Crippen LogP contribution in [0.5, 0.6) is 0 Å². The zero-order valence-electron chi connectivity index (χ0n) is 11.0. The third-order valence-corrected chi connectivity index (χ3v) is 3.37. The Morgan fingerprint density at radius 2 is 2.26 bits per heavy atom. The van der Waals surface area contributed by atoms with Gasteiger partial charge in [0.25, 0.3) is 5.91 Å². The maximum atomic E-state index is 11.9. The lowest BCUT2D eigenvalue weighted by atomic mass is 9.97. The van der Waals surface area contributed by atoms with Crippen LogP contribution in [0, 0.1) is 11.3 Å². The Kier molecular flexibility index (Phi) is 4.74. The van der Waals surface area contributed by atoms with Crippen LogP contribution >= 0.6 is 0 Å². The van der Waals surface area contributed by atoms with Gasteiger partial charge in [0, 0.05) is 12.1 Å². The van der Waals surface area contributed by atoms with E-state index in [4.69, 9.17) is 5.26 Å². The summed E-state index contributed by atoms with van der Waals surface area (Å²) in [5.74, 6) is -0.103. The lowest BCUT2D eigenvalue weighted by molar-refractivity contribution is 0.0954. The summed E-state index contributed by atoms with van der Waals surface area (Å²) in [6, 6.07) is 8.82. The average molecular weight is 254 g/mol. The number of nitriles is 1. The predicted molar refractivity (Wildman–Crippen MR) is 74.7 cm³/mol. The monoisotopic (exact) mass is 254 g/mol. The van der Waals surface area contributed by atoms with E-state index in [2.05, 4.69) is 11.4 Å². The van der Waals surface area contributed by atoms with Gasteiger partial charge in [0.15, 0.2) is 0 Å². The molecule has 0 aromatic heterocycles. The number of benzene rings is 1. The van der Waals surface area contributed by atoms with Crippen molar-refractivity contribution in [2.24, 2.45) is 0 Å². The molecule has 3 heteroatoms. The zero-order chi connectivity index (χ0) is 13.5. The summed E-state index contributed by atoms with van der Waals surface area (Å²) in [5, 5.41) is 11.7. The maximum Gasteiger partial charge on any atom is 0.251 e. The SMILES string of the molecule is N#Cc1cccc(C(=O)NCCC2=CCCCC2)c1. The molecule has 2 rings (SSSR count). The molecule has 0 aliphatic heterocycles. The van der Waals surface area contributed by atoms with Gasteiger partial charge in [-0.25, -0.2) is 0 Å². The summed E-state index contributed by atoms with van der Waals surface area (Å²) in [6.45, 7) is 0.668. The Morgan fingerprint density at radius 3 is 3.00 bits per heavy atom. The van der Waals surface area contributed by atoms with Crippen molar-refractivity contribution in [3.8, 4) is 6.07 Å². The van der Waals surface area contributed by atoms with Crippen LogP contribution in [0.3, 0.4) is 0 Å². The molecule has 0 saturated heterocycles. The van der Waals surface area contributed by atoms with E-state index in [-0.39, 0.29) is 5.91 Å². The minimum absolute atomic E-state index is 0.103. The fourth-order valence-electron chi connectivity index (χ4n) is 2.30. The Hall–Kier alpha value is -2.08. The van der Waals surface area contributed by atoms with Crippen LogP contribution in [-0.2, 0) is 0 Å². The molecule has 0 spiro atoms. The van der Waals surface area contributed by atoms with Crippen LogP contribution in [0.15, 0.2) is 35.9 Å². The van der Waals surface area contributed by atoms with Crippen LogP contribution < -0.4 is 5.32 Å². The summed E-state index contributed by atoms with van der Waals surface area (Å²) in [6.07, 6.45) is 8.13. The Bertz CT molecular complexity index is 526. The molecule has 19 heavy (non-hydrogen) atoms. The Labute approximate surface area is 113 Å². The van der Waals surface area contributed by atoms with E-state index in [0.717, 1.165) is 6.42 Å². The van der Waals surface area contributed by atoms with Gasteiger partial charge >= 0.3 is 0 Å². The van der Waals surface area contributed by atoms with E-state index in [1.807, 2.05) is 6.07 Å². The van der Waals surface area contributed by atoms with Crippen LogP contribution in [0.25, 0.3) is 0 Å². The summed E-state index contributed by atoms with van der Waals surface area (Å²) >= 11 is 0. The summed E-state index contributed by atoms with van der Waals surface area (Å²) in [7, 11) is 0. The average Bonchev–Trinajstić information content (AvgIpc) is 2.48. The summed E-state index contributed by atoms with van der Waals surface area (Å²) < 4.78 is 0. The van der Waals surface area contributed by atoms with Gasteiger partial charge in [0.2, 0.25) is 0 Å². The number of allylic oxidation sites excluding steroid dienone is 1. The van der Waals surface area contributed by atoms with Crippen molar-refractivity contribution in [3.63, 3.8) is 0 Å². The number of nitrogens with zero attached hydrogens (tertiary/aromatic N) is 1. The standard InChI is InChI=1S/C16H18N2O/c17-12-14-7-4-8-15(11-14)16(19)18-10-9-13-5-2-1-3-6-13/h4-5,7-8,11H,1-3,6,9-10H2,(H,18,19). The Morgan fingerprint density at radius 1 is 1.37 bits per heavy atom. The second kappa shape index (κ2) is 6.75. The fourth-order valence-corrected chi connectivity index (χ4v) is 2.30. The molecule has 0 saturated carbocycles. The molecule has 0 radical (unpaired) electrons. The molecule has 0 bridgehead atoms. The molecule has 1 aliphatic rings. The van der Waals surface area contributed by atoms with Crippen molar-refractivity contribution >= 4 is 5.91 Å². The van der Waals surface area contributed by atoms with Crippen LogP contribution in [0.1, 0.15) is 48.0 Å². The quantitative estimate of drug-likeness (QED) is 0.839. The number of amides is 1. The van der Waals surface area contributed by atoms with Crippen molar-refractivity contribution in [1.29, 1.82) is 5.26 Å². The first kappa shape index (κ1) is 13.4. The van der Waals surface area contributed by atoms with E-state index in [1.54, 1.807) is 24.3 Å². The molecule has 1 aromatic carbocycles. The van der Waals surface area contributed by atoms with E-state index < -0.39 is 0 Å². The van der Waals surface area contributed by atoms with E-state index in [0.29, 0.717) is 17.7 Å². The molecular formula is C16H18N2O. The largest absolute Gasteiger partial charge is 0.352 e. The van der Waals surface area contributed by atoms with Gasteiger partial charge in [0.05, 0.1) is 11.6 Å². The third-order valence-electron chi connectivity index (χ3n) is 3.37. The molecule has 0 fully saturated rings. The zero-order valence-corrected chi connectivity index (χ0v) is 11.0. The van der Waals surface area contributed by atoms with Crippen molar-refractivity contribution in [2.45, 2.75) is 32.1 Å². The van der Waals surface area contributed by atoms with E-state index in [1.165, 1.54) is 31.3 Å². The third kappa shape index (κ3) is 3.96. The van der Waals surface area contributed by atoms with Crippen LogP contribution in [-0.4, -0.2) is 12.5 Å². The fraction of sp³-hybridized carbons (Fsp3) is 0.375. The van der Waals surface area contributed by atoms with Crippen molar-refractivity contribution in [3.05, 3.63) is 47.0 Å². The van der Waals surface area contributed by atoms with Crippen LogP contribution in [0.4, 0.5) is 0 Å². The normalized spacial score (nSPS) is 14.4. The smallest absolute Gasteiger partial charge is 0.251 e. The van der Waals surface area contributed by atoms with Gasteiger partial charge < -0.3 is 5.32 Å². The minimum Gasteiger partial charge on any atom is -0.352 e. The van der Waals surface area contributed by atoms with Crippen molar-refractivity contribution in [1.82, 2.24) is 5.32 Å². The van der Waals surface area contributed by atoms with Crippen LogP contribution in [0.2, 0.25) is 0 Å². The molecule has 1 aliphatic carbocycles. The number of rotatable bonds is 4. The van der Waals surface area contributed by atoms with Crippen molar-refractivity contribution in [2.75, 3.05) is 6.54 Å². The summed E-state index contributed by atoms with van der Waals surface area (Å²) in [4.78, 5) is 11.9. The first-order chi connectivity index (χ1) is 9.29. The first-order valence-corrected chi connectivity index (χ1v) is 6.76. The second-order valence-electron chi connectivity index (χ2n) is 4.81. The van der Waals surface area contributed by atoms with Gasteiger partial charge in [0.1, 0.15) is 0 Å². The van der Waals surface area contributed by atoms with Gasteiger partial charge in [-0.1, -0.05) is 17.7 Å². The highest BCUT2D eigenvalue weighted by atomic mass is 16.1.